The lowest BCUT2D eigenvalue weighted by molar-refractivity contribution is 0.122. The van der Waals surface area contributed by atoms with E-state index in [-0.39, 0.29) is 5.75 Å². The molecule has 1 saturated heterocycles. The van der Waals surface area contributed by atoms with Gasteiger partial charge in [0, 0.05) is 35.8 Å². The highest BCUT2D eigenvalue weighted by Crippen LogP contribution is 2.44. The Kier molecular flexibility index (Phi) is 5.98. The van der Waals surface area contributed by atoms with Gasteiger partial charge in [0.2, 0.25) is 0 Å². The van der Waals surface area contributed by atoms with Crippen molar-refractivity contribution in [2.75, 3.05) is 42.3 Å². The molecule has 2 fully saturated rings. The van der Waals surface area contributed by atoms with Crippen LogP contribution in [0.25, 0.3) is 11.4 Å². The molecule has 0 spiro atoms. The van der Waals surface area contributed by atoms with Gasteiger partial charge in [0.1, 0.15) is 5.82 Å². The van der Waals surface area contributed by atoms with Crippen molar-refractivity contribution in [1.29, 1.82) is 0 Å². The maximum Gasteiger partial charge on any atom is 0.409 e. The number of rotatable bonds is 6. The standard InChI is InChI=1S/C20H24N4O5S/c25-19(26)21-15-4-2-14(3-5-15)18-22-16(20(6-1-7-20)13-30(27)28)12-17(23-18)24-8-10-29-11-9-24/h2-5,12,21H,1,6-11,13H2,(H,25,26)(H,27,28). The molecule has 2 aromatic rings. The molecule has 1 aliphatic heterocycles. The van der Waals surface area contributed by atoms with Crippen LogP contribution in [0, 0.1) is 0 Å². The molecule has 1 amide bonds. The van der Waals surface area contributed by atoms with Crippen LogP contribution in [0.1, 0.15) is 25.0 Å². The maximum absolute atomic E-state index is 11.6. The van der Waals surface area contributed by atoms with Crippen LogP contribution in [0.2, 0.25) is 0 Å². The first-order valence-corrected chi connectivity index (χ1v) is 11.1. The number of nitrogens with one attached hydrogen (secondary N) is 1. The van der Waals surface area contributed by atoms with E-state index in [1.807, 2.05) is 6.07 Å². The highest BCUT2D eigenvalue weighted by molar-refractivity contribution is 7.79. The van der Waals surface area contributed by atoms with E-state index < -0.39 is 22.6 Å². The fourth-order valence-corrected chi connectivity index (χ4v) is 4.84. The lowest BCUT2D eigenvalue weighted by Gasteiger charge is -2.41. The van der Waals surface area contributed by atoms with Crippen molar-refractivity contribution in [3.05, 3.63) is 36.0 Å². The number of anilines is 2. The van der Waals surface area contributed by atoms with Crippen LogP contribution >= 0.6 is 0 Å². The van der Waals surface area contributed by atoms with Gasteiger partial charge in [-0.2, -0.15) is 0 Å². The Labute approximate surface area is 176 Å². The lowest BCUT2D eigenvalue weighted by Crippen LogP contribution is -2.41. The predicted octanol–water partition coefficient (Wildman–Crippen LogP) is 2.71. The highest BCUT2D eigenvalue weighted by atomic mass is 32.2. The summed E-state index contributed by atoms with van der Waals surface area (Å²) in [5.74, 6) is 1.46. The van der Waals surface area contributed by atoms with Crippen LogP contribution in [0.3, 0.4) is 0 Å². The SMILES string of the molecule is O=C(O)Nc1ccc(-c2nc(N3CCOCC3)cc(C3(CS(=O)O)CCC3)n2)cc1. The number of hydrogen-bond acceptors (Lipinski definition) is 6. The van der Waals surface area contributed by atoms with E-state index in [1.54, 1.807) is 24.3 Å². The zero-order valence-corrected chi connectivity index (χ0v) is 17.2. The molecule has 1 unspecified atom stereocenters. The fourth-order valence-electron chi connectivity index (χ4n) is 3.93. The number of aromatic nitrogens is 2. The van der Waals surface area contributed by atoms with Crippen molar-refractivity contribution in [2.24, 2.45) is 0 Å². The van der Waals surface area contributed by atoms with Crippen molar-refractivity contribution in [3.63, 3.8) is 0 Å². The zero-order chi connectivity index (χ0) is 21.1. The molecule has 2 aliphatic rings. The van der Waals surface area contributed by atoms with Crippen LogP contribution in [0.4, 0.5) is 16.3 Å². The average Bonchev–Trinajstić information content (AvgIpc) is 2.71. The Morgan fingerprint density at radius 2 is 1.90 bits per heavy atom. The molecule has 2 heterocycles. The first-order valence-electron chi connectivity index (χ1n) is 9.85. The molecule has 0 bridgehead atoms. The van der Waals surface area contributed by atoms with Crippen molar-refractivity contribution in [3.8, 4) is 11.4 Å². The number of carbonyl (C=O) groups is 1. The Bertz CT molecular complexity index is 943. The molecule has 1 aromatic heterocycles. The third kappa shape index (κ3) is 4.45. The summed E-state index contributed by atoms with van der Waals surface area (Å²) in [5.41, 5.74) is 1.59. The normalized spacial score (nSPS) is 19.0. The summed E-state index contributed by atoms with van der Waals surface area (Å²) in [5, 5.41) is 11.2. The van der Waals surface area contributed by atoms with Gasteiger partial charge in [0.25, 0.3) is 0 Å². The fraction of sp³-hybridized carbons (Fsp3) is 0.450. The lowest BCUT2D eigenvalue weighted by atomic mass is 9.68. The van der Waals surface area contributed by atoms with Gasteiger partial charge in [-0.05, 0) is 37.1 Å². The van der Waals surface area contributed by atoms with Gasteiger partial charge >= 0.3 is 6.09 Å². The first kappa shape index (κ1) is 20.7. The molecule has 9 nitrogen and oxygen atoms in total. The number of morpholine rings is 1. The number of carboxylic acid groups (broad SMARTS) is 1. The third-order valence-corrected chi connectivity index (χ3v) is 6.50. The summed E-state index contributed by atoms with van der Waals surface area (Å²) < 4.78 is 26.7. The van der Waals surface area contributed by atoms with E-state index >= 15 is 0 Å². The maximum atomic E-state index is 11.6. The van der Waals surface area contributed by atoms with E-state index in [9.17, 15) is 13.6 Å². The second kappa shape index (κ2) is 8.66. The van der Waals surface area contributed by atoms with E-state index in [1.165, 1.54) is 0 Å². The molecule has 1 saturated carbocycles. The van der Waals surface area contributed by atoms with Gasteiger partial charge in [0.15, 0.2) is 16.9 Å². The zero-order valence-electron chi connectivity index (χ0n) is 16.4. The smallest absolute Gasteiger partial charge is 0.409 e. The van der Waals surface area contributed by atoms with Gasteiger partial charge in [-0.1, -0.05) is 6.42 Å². The summed E-state index contributed by atoms with van der Waals surface area (Å²) in [6, 6.07) is 8.81. The van der Waals surface area contributed by atoms with E-state index in [0.29, 0.717) is 24.7 Å². The minimum absolute atomic E-state index is 0.160. The van der Waals surface area contributed by atoms with E-state index in [4.69, 9.17) is 19.8 Å². The van der Waals surface area contributed by atoms with Crippen LogP contribution in [0.15, 0.2) is 30.3 Å². The molecule has 0 radical (unpaired) electrons. The molecule has 4 rings (SSSR count). The molecule has 160 valence electrons. The van der Waals surface area contributed by atoms with Crippen LogP contribution < -0.4 is 10.2 Å². The average molecular weight is 433 g/mol. The van der Waals surface area contributed by atoms with Crippen molar-refractivity contribution < 1.29 is 23.4 Å². The Morgan fingerprint density at radius 1 is 1.20 bits per heavy atom. The number of ether oxygens (including phenoxy) is 1. The van der Waals surface area contributed by atoms with Crippen LogP contribution in [0.5, 0.6) is 0 Å². The van der Waals surface area contributed by atoms with Crippen LogP contribution in [-0.2, 0) is 21.2 Å². The molecule has 1 atom stereocenters. The Morgan fingerprint density at radius 3 is 2.47 bits per heavy atom. The van der Waals surface area contributed by atoms with Gasteiger partial charge in [-0.3, -0.25) is 5.32 Å². The topological polar surface area (TPSA) is 125 Å². The number of hydrogen-bond donors (Lipinski definition) is 3. The molecule has 10 heteroatoms. The quantitative estimate of drug-likeness (QED) is 0.595. The summed E-state index contributed by atoms with van der Waals surface area (Å²) in [7, 11) is 0. The minimum Gasteiger partial charge on any atom is -0.465 e. The molecule has 3 N–H and O–H groups in total. The molecule has 30 heavy (non-hydrogen) atoms. The summed E-state index contributed by atoms with van der Waals surface area (Å²) in [6.45, 7) is 2.68. The summed E-state index contributed by atoms with van der Waals surface area (Å²) >= 11 is -1.91. The monoisotopic (exact) mass is 432 g/mol. The van der Waals surface area contributed by atoms with Crippen LogP contribution in [-0.4, -0.2) is 62.0 Å². The van der Waals surface area contributed by atoms with Crippen molar-refractivity contribution in [1.82, 2.24) is 9.97 Å². The molecular formula is C20H24N4O5S. The van der Waals surface area contributed by atoms with Gasteiger partial charge < -0.3 is 19.3 Å². The summed E-state index contributed by atoms with van der Waals surface area (Å²) in [4.78, 5) is 22.5. The largest absolute Gasteiger partial charge is 0.465 e. The number of amides is 1. The van der Waals surface area contributed by atoms with E-state index in [0.717, 1.165) is 49.4 Å². The second-order valence-corrected chi connectivity index (χ2v) is 8.57. The first-order chi connectivity index (χ1) is 14.4. The predicted molar refractivity (Wildman–Crippen MR) is 113 cm³/mol. The van der Waals surface area contributed by atoms with Gasteiger partial charge in [0.05, 0.1) is 24.7 Å². The summed E-state index contributed by atoms with van der Waals surface area (Å²) in [6.07, 6.45) is 1.51. The van der Waals surface area contributed by atoms with Gasteiger partial charge in [-0.25, -0.2) is 19.0 Å². The molecular weight excluding hydrogens is 408 g/mol. The van der Waals surface area contributed by atoms with Crippen molar-refractivity contribution >= 4 is 28.7 Å². The van der Waals surface area contributed by atoms with Crippen molar-refractivity contribution in [2.45, 2.75) is 24.7 Å². The second-order valence-electron chi connectivity index (χ2n) is 7.64. The Balaban J connectivity index is 1.73. The number of benzene rings is 1. The van der Waals surface area contributed by atoms with E-state index in [2.05, 4.69) is 10.2 Å². The van der Waals surface area contributed by atoms with Gasteiger partial charge in [-0.15, -0.1) is 0 Å². The molecule has 1 aliphatic carbocycles. The minimum atomic E-state index is -1.91. The Hall–Kier alpha value is -2.56. The third-order valence-electron chi connectivity index (χ3n) is 5.70. The molecule has 1 aromatic carbocycles. The highest BCUT2D eigenvalue weighted by Gasteiger charge is 2.42. The number of nitrogens with zero attached hydrogens (tertiary/aromatic N) is 3.